The second-order valence-electron chi connectivity index (χ2n) is 10.0. The third kappa shape index (κ3) is 7.61. The Hall–Kier alpha value is -3.76. The molecule has 0 fully saturated rings. The predicted octanol–water partition coefficient (Wildman–Crippen LogP) is 2.34. The molecule has 232 valence electrons. The van der Waals surface area contributed by atoms with Gasteiger partial charge in [-0.2, -0.15) is 0 Å². The summed E-state index contributed by atoms with van der Waals surface area (Å²) in [4.78, 5) is 52.6. The SMILES string of the molecule is C=c1c(C(=O)N(CO)C(CC)C(=O)OCC)ccc(-c2c(Br)cc(C(=O)NC(CC)C(=O)OCC)c(=C)c2=C(C)C)c1=C. The smallest absolute Gasteiger partial charge is 0.328 e. The molecule has 10 heteroatoms. The molecule has 2 aromatic carbocycles. The van der Waals surface area contributed by atoms with Crippen LogP contribution in [0.5, 0.6) is 0 Å². The van der Waals surface area contributed by atoms with Crippen molar-refractivity contribution in [2.24, 2.45) is 0 Å². The number of aliphatic hydroxyl groups excluding tert-OH is 1. The average Bonchev–Trinajstić information content (AvgIpc) is 2.96. The van der Waals surface area contributed by atoms with E-state index in [4.69, 9.17) is 9.47 Å². The van der Waals surface area contributed by atoms with Gasteiger partial charge >= 0.3 is 11.9 Å². The molecule has 0 saturated carbocycles. The van der Waals surface area contributed by atoms with E-state index in [0.717, 1.165) is 10.5 Å². The highest BCUT2D eigenvalue weighted by Gasteiger charge is 2.30. The van der Waals surface area contributed by atoms with E-state index in [2.05, 4.69) is 41.0 Å². The minimum atomic E-state index is -0.966. The predicted molar refractivity (Wildman–Crippen MR) is 172 cm³/mol. The van der Waals surface area contributed by atoms with Gasteiger partial charge in [-0.15, -0.1) is 0 Å². The van der Waals surface area contributed by atoms with E-state index in [1.54, 1.807) is 45.9 Å². The van der Waals surface area contributed by atoms with Gasteiger partial charge in [0, 0.05) is 21.2 Å². The number of nitrogens with zero attached hydrogens (tertiary/aromatic N) is 1. The van der Waals surface area contributed by atoms with Gasteiger partial charge in [0.2, 0.25) is 0 Å². The van der Waals surface area contributed by atoms with Gasteiger partial charge in [0.05, 0.1) is 13.2 Å². The molecule has 2 atom stereocenters. The summed E-state index contributed by atoms with van der Waals surface area (Å²) in [6.07, 6.45) is 0.608. The Labute approximate surface area is 260 Å². The van der Waals surface area contributed by atoms with Gasteiger partial charge in [0.15, 0.2) is 0 Å². The second-order valence-corrected chi connectivity index (χ2v) is 10.9. The van der Waals surface area contributed by atoms with Crippen molar-refractivity contribution in [2.75, 3.05) is 19.9 Å². The number of amides is 2. The Morgan fingerprint density at radius 3 is 2.02 bits per heavy atom. The third-order valence-electron chi connectivity index (χ3n) is 7.08. The zero-order valence-electron chi connectivity index (χ0n) is 25.8. The second kappa shape index (κ2) is 15.6. The molecule has 0 aliphatic rings. The summed E-state index contributed by atoms with van der Waals surface area (Å²) in [7, 11) is 0. The zero-order chi connectivity index (χ0) is 32.6. The molecule has 0 heterocycles. The monoisotopic (exact) mass is 656 g/mol. The number of carbonyl (C=O) groups is 4. The minimum Gasteiger partial charge on any atom is -0.464 e. The van der Waals surface area contributed by atoms with Crippen LogP contribution in [-0.4, -0.2) is 65.8 Å². The fourth-order valence-electron chi connectivity index (χ4n) is 4.85. The number of esters is 2. The van der Waals surface area contributed by atoms with Crippen LogP contribution >= 0.6 is 15.9 Å². The van der Waals surface area contributed by atoms with E-state index in [1.807, 2.05) is 13.8 Å². The standard InChI is InChI=1S/C33H41BrN2O7/c1-10-26(32(40)42-12-3)35-30(38)24-16-25(34)29(28(18(5)6)21(24)9)22-14-15-23(20(8)19(22)7)31(39)36(17-37)27(11-2)33(41)43-13-4/h14-16,26-27,37H,7-13,17H2,1-6H3,(H,35,38). The first kappa shape index (κ1) is 35.4. The van der Waals surface area contributed by atoms with Crippen LogP contribution in [0.2, 0.25) is 0 Å². The van der Waals surface area contributed by atoms with E-state index in [1.165, 1.54) is 0 Å². The zero-order valence-corrected chi connectivity index (χ0v) is 27.4. The van der Waals surface area contributed by atoms with Crippen molar-refractivity contribution in [3.05, 3.63) is 54.7 Å². The van der Waals surface area contributed by atoms with E-state index in [9.17, 15) is 24.3 Å². The van der Waals surface area contributed by atoms with Gasteiger partial charge in [-0.3, -0.25) is 9.59 Å². The molecular formula is C33H41BrN2O7. The van der Waals surface area contributed by atoms with Crippen molar-refractivity contribution in [3.63, 3.8) is 0 Å². The lowest BCUT2D eigenvalue weighted by Gasteiger charge is -2.28. The maximum Gasteiger partial charge on any atom is 0.328 e. The number of carbonyl (C=O) groups excluding carboxylic acids is 4. The maximum absolute atomic E-state index is 13.5. The number of nitrogens with one attached hydrogen (secondary N) is 1. The molecule has 0 spiro atoms. The van der Waals surface area contributed by atoms with Gasteiger partial charge in [0.25, 0.3) is 11.8 Å². The summed E-state index contributed by atoms with van der Waals surface area (Å²) in [5.41, 5.74) is 2.67. The molecule has 2 aromatic rings. The maximum atomic E-state index is 13.5. The van der Waals surface area contributed by atoms with Crippen LogP contribution in [0.15, 0.2) is 22.7 Å². The van der Waals surface area contributed by atoms with Crippen LogP contribution in [-0.2, 0) is 19.1 Å². The number of ether oxygens (including phenoxy) is 2. The molecular weight excluding hydrogens is 616 g/mol. The van der Waals surface area contributed by atoms with Crippen molar-refractivity contribution < 1.29 is 33.8 Å². The van der Waals surface area contributed by atoms with E-state index in [-0.39, 0.29) is 30.8 Å². The number of halogens is 1. The fraction of sp³-hybridized carbons (Fsp3) is 0.394. The first-order valence-corrected chi connectivity index (χ1v) is 15.0. The van der Waals surface area contributed by atoms with E-state index < -0.39 is 42.6 Å². The lowest BCUT2D eigenvalue weighted by atomic mass is 9.93. The Morgan fingerprint density at radius 2 is 1.51 bits per heavy atom. The van der Waals surface area contributed by atoms with Gasteiger partial charge in [0.1, 0.15) is 18.8 Å². The Bertz CT molecular complexity index is 1620. The molecule has 2 amide bonds. The molecule has 0 radical (unpaired) electrons. The summed E-state index contributed by atoms with van der Waals surface area (Å²) in [6.45, 7) is 22.8. The van der Waals surface area contributed by atoms with Gasteiger partial charge in [-0.05, 0) is 79.1 Å². The first-order chi connectivity index (χ1) is 20.3. The number of benzene rings is 2. The largest absolute Gasteiger partial charge is 0.464 e. The highest BCUT2D eigenvalue weighted by atomic mass is 79.9. The first-order valence-electron chi connectivity index (χ1n) is 14.2. The Balaban J connectivity index is 2.68. The molecule has 0 bridgehead atoms. The molecule has 0 aliphatic heterocycles. The molecule has 9 nitrogen and oxygen atoms in total. The number of hydrogen-bond acceptors (Lipinski definition) is 7. The molecule has 0 aliphatic carbocycles. The van der Waals surface area contributed by atoms with Gasteiger partial charge < -0.3 is 24.8 Å². The van der Waals surface area contributed by atoms with Crippen LogP contribution in [0.1, 0.15) is 75.1 Å². The summed E-state index contributed by atoms with van der Waals surface area (Å²) < 4.78 is 10.7. The topological polar surface area (TPSA) is 122 Å². The van der Waals surface area contributed by atoms with Crippen molar-refractivity contribution in [2.45, 2.75) is 66.5 Å². The van der Waals surface area contributed by atoms with Gasteiger partial charge in [-0.1, -0.05) is 61.2 Å². The Kier molecular flexibility index (Phi) is 12.9. The summed E-state index contributed by atoms with van der Waals surface area (Å²) in [5, 5.41) is 14.7. The van der Waals surface area contributed by atoms with Crippen LogP contribution in [0.4, 0.5) is 0 Å². The molecule has 43 heavy (non-hydrogen) atoms. The molecule has 2 N–H and O–H groups in total. The van der Waals surface area contributed by atoms with E-state index >= 15 is 0 Å². The third-order valence-corrected chi connectivity index (χ3v) is 7.71. The van der Waals surface area contributed by atoms with Crippen LogP contribution in [0.3, 0.4) is 0 Å². The molecule has 2 unspecified atom stereocenters. The number of hydrogen-bond donors (Lipinski definition) is 2. The van der Waals surface area contributed by atoms with Gasteiger partial charge in [-0.25, -0.2) is 9.59 Å². The summed E-state index contributed by atoms with van der Waals surface area (Å²) in [6, 6.07) is 3.15. The highest BCUT2D eigenvalue weighted by molar-refractivity contribution is 9.10. The molecule has 0 aromatic heterocycles. The summed E-state index contributed by atoms with van der Waals surface area (Å²) >= 11 is 3.62. The van der Waals surface area contributed by atoms with Crippen LogP contribution < -0.4 is 26.2 Å². The minimum absolute atomic E-state index is 0.144. The normalized spacial score (nSPS) is 12.2. The highest BCUT2D eigenvalue weighted by Crippen LogP contribution is 2.23. The molecule has 2 rings (SSSR count). The van der Waals surface area contributed by atoms with Crippen molar-refractivity contribution in [1.82, 2.24) is 10.2 Å². The lowest BCUT2D eigenvalue weighted by molar-refractivity contribution is -0.150. The average molecular weight is 658 g/mol. The summed E-state index contributed by atoms with van der Waals surface area (Å²) in [5.74, 6) is -2.17. The van der Waals surface area contributed by atoms with E-state index in [0.29, 0.717) is 42.9 Å². The van der Waals surface area contributed by atoms with Crippen LogP contribution in [0, 0.1) is 0 Å². The van der Waals surface area contributed by atoms with Crippen molar-refractivity contribution in [1.29, 1.82) is 0 Å². The van der Waals surface area contributed by atoms with Crippen LogP contribution in [0.25, 0.3) is 36.4 Å². The number of rotatable bonds is 12. The van der Waals surface area contributed by atoms with Crippen molar-refractivity contribution >= 4 is 65.0 Å². The number of aliphatic hydroxyl groups is 1. The quantitative estimate of drug-likeness (QED) is 0.266. The fourth-order valence-corrected chi connectivity index (χ4v) is 5.50. The Morgan fingerprint density at radius 1 is 0.907 bits per heavy atom. The lowest BCUT2D eigenvalue weighted by Crippen LogP contribution is -2.48. The van der Waals surface area contributed by atoms with Crippen molar-refractivity contribution in [3.8, 4) is 11.1 Å². The molecule has 0 saturated heterocycles.